The number of benzene rings is 2. The van der Waals surface area contributed by atoms with E-state index in [4.69, 9.17) is 9.11 Å². The number of hydrogen-bond donors (Lipinski definition) is 2. The van der Waals surface area contributed by atoms with Gasteiger partial charge in [-0.2, -0.15) is 16.8 Å². The molecule has 0 atom stereocenters. The molecule has 0 saturated heterocycles. The van der Waals surface area contributed by atoms with E-state index in [0.717, 1.165) is 23.5 Å². The molecule has 0 radical (unpaired) electrons. The number of fused-ring (bicyclic) bond motifs is 2. The molecule has 1 aromatic heterocycles. The zero-order valence-corrected chi connectivity index (χ0v) is 13.6. The summed E-state index contributed by atoms with van der Waals surface area (Å²) in [6.45, 7) is 0. The second kappa shape index (κ2) is 5.08. The van der Waals surface area contributed by atoms with Crippen LogP contribution in [0.4, 0.5) is 0 Å². The fourth-order valence-corrected chi connectivity index (χ4v) is 4.18. The quantitative estimate of drug-likeness (QED) is 0.520. The van der Waals surface area contributed by atoms with Crippen LogP contribution in [0.25, 0.3) is 20.2 Å². The van der Waals surface area contributed by atoms with E-state index < -0.39 is 35.5 Å². The average Bonchev–Trinajstić information content (AvgIpc) is 2.45. The Labute approximate surface area is 134 Å². The largest absolute Gasteiger partial charge is 0.294 e. The van der Waals surface area contributed by atoms with Gasteiger partial charge in [-0.3, -0.25) is 13.9 Å². The van der Waals surface area contributed by atoms with Crippen molar-refractivity contribution in [3.8, 4) is 0 Å². The van der Waals surface area contributed by atoms with E-state index in [1.807, 2.05) is 0 Å². The molecule has 0 aliphatic carbocycles. The monoisotopic (exact) mass is 372 g/mol. The van der Waals surface area contributed by atoms with Gasteiger partial charge in [0.05, 0.1) is 9.79 Å². The molecule has 23 heavy (non-hydrogen) atoms. The molecule has 10 heteroatoms. The Balaban J connectivity index is 2.45. The highest BCUT2D eigenvalue weighted by Crippen LogP contribution is 2.27. The van der Waals surface area contributed by atoms with Crippen LogP contribution in [0.15, 0.2) is 51.0 Å². The minimum atomic E-state index is -4.47. The van der Waals surface area contributed by atoms with Gasteiger partial charge in [0, 0.05) is 20.2 Å². The first-order valence-corrected chi connectivity index (χ1v) is 9.73. The highest BCUT2D eigenvalue weighted by Gasteiger charge is 2.15. The molecule has 2 aromatic carbocycles. The molecule has 2 N–H and O–H groups in total. The van der Waals surface area contributed by atoms with Crippen LogP contribution in [0, 0.1) is 0 Å². The van der Waals surface area contributed by atoms with Gasteiger partial charge < -0.3 is 0 Å². The lowest BCUT2D eigenvalue weighted by atomic mass is 10.2. The first-order chi connectivity index (χ1) is 10.6. The van der Waals surface area contributed by atoms with Crippen molar-refractivity contribution in [2.75, 3.05) is 0 Å². The summed E-state index contributed by atoms with van der Waals surface area (Å²) < 4.78 is 63.8. The highest BCUT2D eigenvalue weighted by atomic mass is 32.2. The molecule has 120 valence electrons. The van der Waals surface area contributed by atoms with E-state index >= 15 is 0 Å². The van der Waals surface area contributed by atoms with Gasteiger partial charge in [0.15, 0.2) is 5.43 Å². The minimum Gasteiger partial charge on any atom is -0.289 e. The average molecular weight is 372 g/mol. The highest BCUT2D eigenvalue weighted by molar-refractivity contribution is 7.86. The second-order valence-corrected chi connectivity index (χ2v) is 8.62. The topological polar surface area (TPSA) is 126 Å². The summed E-state index contributed by atoms with van der Waals surface area (Å²) in [5.74, 6) is 0. The van der Waals surface area contributed by atoms with Gasteiger partial charge in [0.1, 0.15) is 0 Å². The third kappa shape index (κ3) is 2.86. The summed E-state index contributed by atoms with van der Waals surface area (Å²) in [4.78, 5) is 11.6. The van der Waals surface area contributed by atoms with E-state index in [1.165, 1.54) is 24.3 Å². The normalized spacial score (nSPS) is 12.8. The Morgan fingerprint density at radius 3 is 1.48 bits per heavy atom. The molecule has 0 bridgehead atoms. The summed E-state index contributed by atoms with van der Waals surface area (Å²) in [7, 11) is -8.93. The van der Waals surface area contributed by atoms with Crippen LogP contribution >= 0.6 is 11.3 Å². The van der Waals surface area contributed by atoms with Crippen molar-refractivity contribution in [1.82, 2.24) is 0 Å². The molecule has 7 nitrogen and oxygen atoms in total. The van der Waals surface area contributed by atoms with Gasteiger partial charge >= 0.3 is 0 Å². The molecule has 1 heterocycles. The van der Waals surface area contributed by atoms with E-state index in [1.54, 1.807) is 0 Å². The molecule has 0 aliphatic heterocycles. The Hall–Kier alpha value is -1.85. The lowest BCUT2D eigenvalue weighted by Crippen LogP contribution is -2.05. The Bertz CT molecular complexity index is 1130. The molecule has 0 fully saturated rings. The first-order valence-electron chi connectivity index (χ1n) is 6.03. The third-order valence-corrected chi connectivity index (χ3v) is 6.06. The predicted molar refractivity (Wildman–Crippen MR) is 85.2 cm³/mol. The Morgan fingerprint density at radius 2 is 1.13 bits per heavy atom. The van der Waals surface area contributed by atoms with E-state index in [-0.39, 0.29) is 10.8 Å². The van der Waals surface area contributed by atoms with Crippen molar-refractivity contribution in [1.29, 1.82) is 0 Å². The number of rotatable bonds is 2. The van der Waals surface area contributed by atoms with Crippen molar-refractivity contribution < 1.29 is 25.9 Å². The van der Waals surface area contributed by atoms with Crippen LogP contribution in [0.5, 0.6) is 0 Å². The van der Waals surface area contributed by atoms with Crippen molar-refractivity contribution in [2.24, 2.45) is 0 Å². The summed E-state index contributed by atoms with van der Waals surface area (Å²) in [6.07, 6.45) is 0. The summed E-state index contributed by atoms with van der Waals surface area (Å²) in [6, 6.07) is 7.19. The molecular weight excluding hydrogens is 364 g/mol. The molecule has 3 aromatic rings. The summed E-state index contributed by atoms with van der Waals surface area (Å²) in [5, 5.41) is 0.0650. The van der Waals surface area contributed by atoms with Crippen molar-refractivity contribution in [3.05, 3.63) is 46.6 Å². The Kier molecular flexibility index (Phi) is 3.54. The third-order valence-electron chi connectivity index (χ3n) is 3.21. The van der Waals surface area contributed by atoms with Crippen molar-refractivity contribution in [2.45, 2.75) is 9.79 Å². The molecular formula is C13H8O7S3. The fraction of sp³-hybridized carbons (Fsp3) is 0. The van der Waals surface area contributed by atoms with Crippen molar-refractivity contribution in [3.63, 3.8) is 0 Å². The van der Waals surface area contributed by atoms with Gasteiger partial charge in [-0.25, -0.2) is 0 Å². The molecule has 3 rings (SSSR count). The van der Waals surface area contributed by atoms with Gasteiger partial charge in [-0.05, 0) is 36.4 Å². The van der Waals surface area contributed by atoms with Crippen LogP contribution in [0.3, 0.4) is 0 Å². The Morgan fingerprint density at radius 1 is 0.739 bits per heavy atom. The van der Waals surface area contributed by atoms with Crippen LogP contribution in [-0.4, -0.2) is 25.9 Å². The summed E-state index contributed by atoms with van der Waals surface area (Å²) in [5.41, 5.74) is -0.593. The molecule has 0 amide bonds. The molecule has 0 saturated carbocycles. The predicted octanol–water partition coefficient (Wildman–Crippen LogP) is 1.91. The maximum absolute atomic E-state index is 12.5. The van der Waals surface area contributed by atoms with Crippen LogP contribution in [0.1, 0.15) is 0 Å². The second-order valence-electron chi connectivity index (χ2n) is 4.70. The van der Waals surface area contributed by atoms with Crippen LogP contribution in [-0.2, 0) is 20.2 Å². The zero-order chi connectivity index (χ0) is 17.0. The van der Waals surface area contributed by atoms with Gasteiger partial charge in [0.25, 0.3) is 20.2 Å². The molecule has 0 unspecified atom stereocenters. The first kappa shape index (κ1) is 16.0. The maximum Gasteiger partial charge on any atom is 0.294 e. The molecule has 0 aliphatic rings. The van der Waals surface area contributed by atoms with Crippen LogP contribution in [0.2, 0.25) is 0 Å². The van der Waals surface area contributed by atoms with E-state index in [2.05, 4.69) is 0 Å². The van der Waals surface area contributed by atoms with Gasteiger partial charge in [0.2, 0.25) is 0 Å². The van der Waals surface area contributed by atoms with Gasteiger partial charge in [-0.1, -0.05) is 0 Å². The fourth-order valence-electron chi connectivity index (χ4n) is 2.14. The number of hydrogen-bond acceptors (Lipinski definition) is 6. The van der Waals surface area contributed by atoms with Gasteiger partial charge in [-0.15, -0.1) is 11.3 Å². The summed E-state index contributed by atoms with van der Waals surface area (Å²) >= 11 is 1.15. The minimum absolute atomic E-state index is 0.0325. The van der Waals surface area contributed by atoms with Crippen molar-refractivity contribution >= 4 is 51.7 Å². The maximum atomic E-state index is 12.5. The van der Waals surface area contributed by atoms with E-state index in [9.17, 15) is 21.6 Å². The lowest BCUT2D eigenvalue weighted by Gasteiger charge is -2.04. The zero-order valence-electron chi connectivity index (χ0n) is 11.1. The van der Waals surface area contributed by atoms with Crippen LogP contribution < -0.4 is 5.43 Å². The smallest absolute Gasteiger partial charge is 0.289 e. The van der Waals surface area contributed by atoms with E-state index in [0.29, 0.717) is 9.40 Å². The SMILES string of the molecule is O=c1c2cc(S(=O)(=O)O)ccc2sc2ccc(S(=O)(=O)O)cc12. The lowest BCUT2D eigenvalue weighted by molar-refractivity contribution is 0.481. The standard InChI is InChI=1S/C13H8O7S3/c14-13-9-5-7(22(15,16)17)1-3-11(9)21-12-4-2-8(6-10(12)13)23(18,19)20/h1-6H,(H,15,16,17)(H,18,19,20). The molecule has 0 spiro atoms.